The number of phenolic OH excluding ortho intramolecular Hbond substituents is 1. The highest BCUT2D eigenvalue weighted by Gasteiger charge is 2.74. The number of piperidine rings is 1. The molecule has 3 aliphatic carbocycles. The van der Waals surface area contributed by atoms with E-state index in [1.807, 2.05) is 7.05 Å². The van der Waals surface area contributed by atoms with E-state index in [2.05, 4.69) is 36.9 Å². The Morgan fingerprint density at radius 2 is 1.98 bits per heavy atom. The largest absolute Gasteiger partial charge is 0.504 e. The molecule has 2 aromatic carbocycles. The van der Waals surface area contributed by atoms with Gasteiger partial charge in [-0.3, -0.25) is 19.8 Å². The molecule has 3 fully saturated rings. The number of rotatable bonds is 7. The number of carbonyl (C=O) groups is 1. The number of aromatic hydroxyl groups is 1. The van der Waals surface area contributed by atoms with Crippen molar-refractivity contribution >= 4 is 11.6 Å². The average molecular weight is 562 g/mol. The number of amides is 1. The van der Waals surface area contributed by atoms with Crippen LogP contribution in [-0.2, 0) is 23.1 Å². The molecule has 2 aliphatic heterocycles. The van der Waals surface area contributed by atoms with Crippen molar-refractivity contribution in [2.45, 2.75) is 94.4 Å². The smallest absolute Gasteiger partial charge is 0.276 e. The number of likely N-dealkylation sites (N-methyl/N-ethyl adjacent to an activating group) is 1. The van der Waals surface area contributed by atoms with Crippen LogP contribution < -0.4 is 4.74 Å². The lowest BCUT2D eigenvalue weighted by Crippen LogP contribution is -2.78. The molecule has 2 bridgehead atoms. The zero-order chi connectivity index (χ0) is 28.8. The van der Waals surface area contributed by atoms with Gasteiger partial charge in [0.2, 0.25) is 5.91 Å². The van der Waals surface area contributed by atoms with Crippen molar-refractivity contribution in [3.05, 3.63) is 62.2 Å². The Hall–Kier alpha value is -3.17. The maximum absolute atomic E-state index is 13.6. The third-order valence-corrected chi connectivity index (χ3v) is 11.1. The minimum Gasteiger partial charge on any atom is -0.504 e. The first-order chi connectivity index (χ1) is 19.5. The van der Waals surface area contributed by atoms with Gasteiger partial charge in [-0.05, 0) is 87.9 Å². The van der Waals surface area contributed by atoms with Gasteiger partial charge in [0.1, 0.15) is 6.10 Å². The van der Waals surface area contributed by atoms with E-state index in [4.69, 9.17) is 4.74 Å². The molecule has 2 unspecified atom stereocenters. The van der Waals surface area contributed by atoms with Crippen molar-refractivity contribution in [3.63, 3.8) is 0 Å². The van der Waals surface area contributed by atoms with Crippen molar-refractivity contribution in [1.82, 2.24) is 9.80 Å². The van der Waals surface area contributed by atoms with Gasteiger partial charge in [-0.2, -0.15) is 0 Å². The van der Waals surface area contributed by atoms with E-state index >= 15 is 0 Å². The number of phenols is 1. The first-order valence-corrected chi connectivity index (χ1v) is 15.0. The monoisotopic (exact) mass is 561 g/mol. The molecule has 0 radical (unpaired) electrons. The molecule has 2 N–H and O–H groups in total. The van der Waals surface area contributed by atoms with Crippen molar-refractivity contribution in [3.8, 4) is 11.5 Å². The van der Waals surface area contributed by atoms with E-state index < -0.39 is 22.0 Å². The minimum atomic E-state index is -1.16. The third-order valence-electron chi connectivity index (χ3n) is 11.1. The average Bonchev–Trinajstić information content (AvgIpc) is 3.68. The Balaban J connectivity index is 1.25. The third kappa shape index (κ3) is 3.77. The molecule has 5 atom stereocenters. The summed E-state index contributed by atoms with van der Waals surface area (Å²) in [6.07, 6.45) is 4.72. The molecule has 218 valence electrons. The number of likely N-dealkylation sites (tertiary alicyclic amines) is 1. The first kappa shape index (κ1) is 26.7. The van der Waals surface area contributed by atoms with E-state index in [9.17, 15) is 25.1 Å². The van der Waals surface area contributed by atoms with E-state index in [0.717, 1.165) is 18.7 Å². The van der Waals surface area contributed by atoms with Crippen molar-refractivity contribution in [1.29, 1.82) is 0 Å². The summed E-state index contributed by atoms with van der Waals surface area (Å²) in [5.74, 6) is 0.616. The maximum atomic E-state index is 13.6. The predicted octanol–water partition coefficient (Wildman–Crippen LogP) is 3.94. The fourth-order valence-electron chi connectivity index (χ4n) is 8.65. The number of benzene rings is 2. The summed E-state index contributed by atoms with van der Waals surface area (Å²) in [5, 5.41) is 35.9. The molecule has 2 heterocycles. The van der Waals surface area contributed by atoms with Crippen LogP contribution in [-0.4, -0.2) is 74.8 Å². The zero-order valence-corrected chi connectivity index (χ0v) is 24.1. The number of hydrogen-bond acceptors (Lipinski definition) is 7. The van der Waals surface area contributed by atoms with Gasteiger partial charge in [-0.1, -0.05) is 18.2 Å². The molecule has 5 aliphatic rings. The van der Waals surface area contributed by atoms with Crippen LogP contribution >= 0.6 is 0 Å². The lowest BCUT2D eigenvalue weighted by atomic mass is 9.48. The normalized spacial score (nSPS) is 31.4. The van der Waals surface area contributed by atoms with Gasteiger partial charge in [-0.25, -0.2) is 0 Å². The van der Waals surface area contributed by atoms with Gasteiger partial charge < -0.3 is 19.8 Å². The van der Waals surface area contributed by atoms with Crippen LogP contribution in [0, 0.1) is 29.9 Å². The Labute approximate surface area is 240 Å². The van der Waals surface area contributed by atoms with Gasteiger partial charge in [0.25, 0.3) is 5.69 Å². The number of aryl methyl sites for hydroxylation is 3. The summed E-state index contributed by atoms with van der Waals surface area (Å²) in [5.41, 5.74) is 2.54. The predicted molar refractivity (Wildman–Crippen MR) is 152 cm³/mol. The summed E-state index contributed by atoms with van der Waals surface area (Å²) in [7, 11) is 1.81. The summed E-state index contributed by atoms with van der Waals surface area (Å²) in [6.45, 7) is 5.79. The topological polar surface area (TPSA) is 116 Å². The van der Waals surface area contributed by atoms with Crippen LogP contribution in [0.1, 0.15) is 66.3 Å². The maximum Gasteiger partial charge on any atom is 0.276 e. The van der Waals surface area contributed by atoms with Gasteiger partial charge in [0.15, 0.2) is 11.5 Å². The summed E-state index contributed by atoms with van der Waals surface area (Å²) < 4.78 is 6.57. The van der Waals surface area contributed by atoms with E-state index in [0.29, 0.717) is 55.6 Å². The Morgan fingerprint density at radius 1 is 1.20 bits per heavy atom. The van der Waals surface area contributed by atoms with Crippen LogP contribution in [0.4, 0.5) is 5.69 Å². The lowest BCUT2D eigenvalue weighted by molar-refractivity contribution is -0.386. The molecule has 2 saturated carbocycles. The molecule has 2 aromatic rings. The molecular weight excluding hydrogens is 522 g/mol. The molecule has 0 aromatic heterocycles. The quantitative estimate of drug-likeness (QED) is 0.389. The summed E-state index contributed by atoms with van der Waals surface area (Å²) in [6, 6.07) is 6.91. The van der Waals surface area contributed by atoms with Crippen molar-refractivity contribution in [2.75, 3.05) is 20.1 Å². The Morgan fingerprint density at radius 3 is 2.68 bits per heavy atom. The SMILES string of the molecule is Cc1ccc(CCC(=O)N(C)C2CC[C@@]3(O)[C@H]4Cc5c([N+](=O)[O-])cc(O)c6c5[C@@]3(CCN4CC3CC3)C2O6)cc1C. The number of carbonyl (C=O) groups excluding carboxylic acids is 1. The summed E-state index contributed by atoms with van der Waals surface area (Å²) >= 11 is 0. The van der Waals surface area contributed by atoms with Crippen LogP contribution in [0.3, 0.4) is 0 Å². The van der Waals surface area contributed by atoms with E-state index in [-0.39, 0.29) is 35.2 Å². The highest BCUT2D eigenvalue weighted by Crippen LogP contribution is 2.67. The number of ether oxygens (including phenoxy) is 1. The van der Waals surface area contributed by atoms with Crippen LogP contribution in [0.15, 0.2) is 24.3 Å². The molecule has 1 saturated heterocycles. The van der Waals surface area contributed by atoms with E-state index in [1.165, 1.54) is 30.0 Å². The molecule has 41 heavy (non-hydrogen) atoms. The number of nitro groups is 1. The zero-order valence-electron chi connectivity index (χ0n) is 24.1. The summed E-state index contributed by atoms with van der Waals surface area (Å²) in [4.78, 5) is 29.5. The highest BCUT2D eigenvalue weighted by atomic mass is 16.6. The minimum absolute atomic E-state index is 0.00331. The molecule has 1 spiro atoms. The molecule has 9 heteroatoms. The highest BCUT2D eigenvalue weighted by molar-refractivity contribution is 5.77. The van der Waals surface area contributed by atoms with Crippen LogP contribution in [0.5, 0.6) is 11.5 Å². The lowest BCUT2D eigenvalue weighted by Gasteiger charge is -2.64. The van der Waals surface area contributed by atoms with Gasteiger partial charge >= 0.3 is 0 Å². The van der Waals surface area contributed by atoms with Crippen LogP contribution in [0.25, 0.3) is 0 Å². The number of aliphatic hydroxyl groups is 1. The number of nitro benzene ring substituents is 1. The van der Waals surface area contributed by atoms with E-state index in [1.54, 1.807) is 4.90 Å². The fourth-order valence-corrected chi connectivity index (χ4v) is 8.65. The number of nitrogens with zero attached hydrogens (tertiary/aromatic N) is 3. The number of hydrogen-bond donors (Lipinski definition) is 2. The second kappa shape index (κ2) is 9.16. The molecule has 7 rings (SSSR count). The van der Waals surface area contributed by atoms with Crippen molar-refractivity contribution in [2.24, 2.45) is 5.92 Å². The Bertz CT molecular complexity index is 1460. The van der Waals surface area contributed by atoms with Gasteiger partial charge in [0.05, 0.1) is 28.0 Å². The fraction of sp³-hybridized carbons (Fsp3) is 0.594. The first-order valence-electron chi connectivity index (χ1n) is 15.0. The van der Waals surface area contributed by atoms with Crippen molar-refractivity contribution < 1.29 is 24.7 Å². The van der Waals surface area contributed by atoms with Crippen LogP contribution in [0.2, 0.25) is 0 Å². The molecule has 9 nitrogen and oxygen atoms in total. The van der Waals surface area contributed by atoms with Gasteiger partial charge in [0, 0.05) is 37.2 Å². The second-order valence-corrected chi connectivity index (χ2v) is 13.2. The standard InChI is InChI=1S/C32H39N3O6/c1-18-4-5-20(14-19(18)2)8-9-27(37)33(3)23-10-11-32(38)26-15-22-24(35(39)40)16-25(36)29-28(22)31(32,30(23)41-29)12-13-34(26)17-21-6-7-21/h4-5,14,16,21,23,26,30,36,38H,6-13,15,17H2,1-3H3/t23?,26-,30?,31+,32-/m1/s1. The Kier molecular flexibility index (Phi) is 5.97. The molecular formula is C32H39N3O6. The van der Waals surface area contributed by atoms with Gasteiger partial charge in [-0.15, -0.1) is 0 Å². The second-order valence-electron chi connectivity index (χ2n) is 13.2. The molecule has 1 amide bonds.